The number of hydrogen-bond donors (Lipinski definition) is 2. The summed E-state index contributed by atoms with van der Waals surface area (Å²) in [7, 11) is 0. The Morgan fingerprint density at radius 3 is 2.31 bits per heavy atom. The summed E-state index contributed by atoms with van der Waals surface area (Å²) in [6, 6.07) is 14.4. The Morgan fingerprint density at radius 2 is 1.69 bits per heavy atom. The Kier molecular flexibility index (Phi) is 7.65. The van der Waals surface area contributed by atoms with Crippen molar-refractivity contribution in [3.63, 3.8) is 0 Å². The van der Waals surface area contributed by atoms with Crippen molar-refractivity contribution < 1.29 is 23.9 Å². The second-order valence-electron chi connectivity index (χ2n) is 7.81. The maximum Gasteiger partial charge on any atom is 0.343 e. The molecule has 1 atom stereocenters. The summed E-state index contributed by atoms with van der Waals surface area (Å²) in [5, 5.41) is 5.58. The number of amides is 2. The normalized spacial score (nSPS) is 15.8. The van der Waals surface area contributed by atoms with Crippen molar-refractivity contribution >= 4 is 18.0 Å². The third-order valence-electron chi connectivity index (χ3n) is 4.93. The molecule has 32 heavy (non-hydrogen) atoms. The number of esters is 2. The quantitative estimate of drug-likeness (QED) is 0.464. The number of hydrogen-bond acceptors (Lipinski definition) is 5. The Bertz CT molecular complexity index is 997. The highest BCUT2D eigenvalue weighted by atomic mass is 16.5. The maximum absolute atomic E-state index is 12.9. The number of carbonyl (C=O) groups excluding carboxylic acids is 3. The van der Waals surface area contributed by atoms with E-state index >= 15 is 0 Å². The van der Waals surface area contributed by atoms with E-state index in [0.29, 0.717) is 34.6 Å². The number of nitrogens with one attached hydrogen (secondary N) is 2. The molecular weight excluding hydrogens is 408 g/mol. The van der Waals surface area contributed by atoms with Gasteiger partial charge in [-0.05, 0) is 56.5 Å². The number of ether oxygens (including phenoxy) is 2. The molecule has 2 N–H and O–H groups in total. The molecule has 1 unspecified atom stereocenters. The SMILES string of the molecule is CCCCC1=C(C(=O)OC(C)C)C(c2ccc(OC(=O)c3ccccc3)cc2)NC(=O)N1. The van der Waals surface area contributed by atoms with Gasteiger partial charge >= 0.3 is 18.0 Å². The van der Waals surface area contributed by atoms with E-state index in [9.17, 15) is 14.4 Å². The van der Waals surface area contributed by atoms with Crippen LogP contribution in [0.1, 0.15) is 62.0 Å². The Hall–Kier alpha value is -3.61. The zero-order valence-corrected chi connectivity index (χ0v) is 18.5. The van der Waals surface area contributed by atoms with Crippen LogP contribution < -0.4 is 15.4 Å². The molecule has 1 aliphatic rings. The van der Waals surface area contributed by atoms with Crippen LogP contribution in [0.3, 0.4) is 0 Å². The Balaban J connectivity index is 1.86. The van der Waals surface area contributed by atoms with E-state index in [1.54, 1.807) is 62.4 Å². The summed E-state index contributed by atoms with van der Waals surface area (Å²) in [6.45, 7) is 5.61. The van der Waals surface area contributed by atoms with Gasteiger partial charge in [0.2, 0.25) is 0 Å². The summed E-state index contributed by atoms with van der Waals surface area (Å²) in [6.07, 6.45) is 2.02. The molecule has 0 aliphatic carbocycles. The van der Waals surface area contributed by atoms with Crippen LogP contribution in [0.25, 0.3) is 0 Å². The summed E-state index contributed by atoms with van der Waals surface area (Å²) >= 11 is 0. The molecule has 2 aromatic rings. The van der Waals surface area contributed by atoms with Gasteiger partial charge in [0.15, 0.2) is 0 Å². The van der Waals surface area contributed by atoms with Gasteiger partial charge in [-0.2, -0.15) is 0 Å². The number of urea groups is 1. The number of unbranched alkanes of at least 4 members (excludes halogenated alkanes) is 1. The predicted octanol–water partition coefficient (Wildman–Crippen LogP) is 4.66. The Labute approximate surface area is 187 Å². The fourth-order valence-electron chi connectivity index (χ4n) is 3.41. The van der Waals surface area contributed by atoms with Crippen LogP contribution in [0, 0.1) is 0 Å². The molecule has 0 saturated carbocycles. The highest BCUT2D eigenvalue weighted by Crippen LogP contribution is 2.31. The molecule has 1 aliphatic heterocycles. The lowest BCUT2D eigenvalue weighted by atomic mass is 9.93. The minimum Gasteiger partial charge on any atom is -0.459 e. The number of rotatable bonds is 8. The van der Waals surface area contributed by atoms with Gasteiger partial charge in [-0.3, -0.25) is 0 Å². The van der Waals surface area contributed by atoms with Gasteiger partial charge in [-0.1, -0.05) is 43.7 Å². The second kappa shape index (κ2) is 10.6. The average Bonchev–Trinajstić information content (AvgIpc) is 2.77. The standard InChI is InChI=1S/C25H28N2O5/c1-4-5-11-20-21(24(29)31-16(2)3)22(27-25(30)26-20)17-12-14-19(15-13-17)32-23(28)18-9-7-6-8-10-18/h6-10,12-16,22H,4-5,11H2,1-3H3,(H2,26,27,30). The van der Waals surface area contributed by atoms with Gasteiger partial charge in [-0.15, -0.1) is 0 Å². The lowest BCUT2D eigenvalue weighted by Crippen LogP contribution is -2.46. The van der Waals surface area contributed by atoms with Crippen LogP contribution in [0.15, 0.2) is 65.9 Å². The second-order valence-corrected chi connectivity index (χ2v) is 7.81. The molecular formula is C25H28N2O5. The first-order chi connectivity index (χ1) is 15.4. The topological polar surface area (TPSA) is 93.7 Å². The molecule has 2 amide bonds. The van der Waals surface area contributed by atoms with Crippen LogP contribution in [0.5, 0.6) is 5.75 Å². The molecule has 168 valence electrons. The summed E-state index contributed by atoms with van der Waals surface area (Å²) in [5.74, 6) is -0.566. The molecule has 0 saturated heterocycles. The summed E-state index contributed by atoms with van der Waals surface area (Å²) in [4.78, 5) is 37.5. The number of carbonyl (C=O) groups is 3. The first kappa shape index (κ1) is 23.1. The fraction of sp³-hybridized carbons (Fsp3) is 0.320. The summed E-state index contributed by atoms with van der Waals surface area (Å²) < 4.78 is 10.9. The van der Waals surface area contributed by atoms with Crippen LogP contribution in [0.2, 0.25) is 0 Å². The van der Waals surface area contributed by atoms with Crippen molar-refractivity contribution in [1.29, 1.82) is 0 Å². The van der Waals surface area contributed by atoms with E-state index in [2.05, 4.69) is 10.6 Å². The van der Waals surface area contributed by atoms with Crippen molar-refractivity contribution in [1.82, 2.24) is 10.6 Å². The van der Waals surface area contributed by atoms with Gasteiger partial charge in [-0.25, -0.2) is 14.4 Å². The highest BCUT2D eigenvalue weighted by Gasteiger charge is 2.33. The maximum atomic E-state index is 12.9. The lowest BCUT2D eigenvalue weighted by molar-refractivity contribution is -0.143. The smallest absolute Gasteiger partial charge is 0.343 e. The van der Waals surface area contributed by atoms with E-state index in [0.717, 1.165) is 12.8 Å². The van der Waals surface area contributed by atoms with Crippen LogP contribution in [0.4, 0.5) is 4.79 Å². The van der Waals surface area contributed by atoms with E-state index in [4.69, 9.17) is 9.47 Å². The lowest BCUT2D eigenvalue weighted by Gasteiger charge is -2.30. The molecule has 0 radical (unpaired) electrons. The van der Waals surface area contributed by atoms with Gasteiger partial charge in [0.25, 0.3) is 0 Å². The zero-order valence-electron chi connectivity index (χ0n) is 18.5. The van der Waals surface area contributed by atoms with Gasteiger partial charge in [0, 0.05) is 5.70 Å². The molecule has 0 aromatic heterocycles. The third kappa shape index (κ3) is 5.75. The van der Waals surface area contributed by atoms with E-state index < -0.39 is 18.0 Å². The predicted molar refractivity (Wildman–Crippen MR) is 120 cm³/mol. The van der Waals surface area contributed by atoms with Crippen molar-refractivity contribution in [2.75, 3.05) is 0 Å². The van der Waals surface area contributed by atoms with Gasteiger partial charge < -0.3 is 20.1 Å². The zero-order chi connectivity index (χ0) is 23.1. The Morgan fingerprint density at radius 1 is 1.00 bits per heavy atom. The van der Waals surface area contributed by atoms with Gasteiger partial charge in [0.05, 0.1) is 23.3 Å². The average molecular weight is 437 g/mol. The molecule has 0 bridgehead atoms. The number of allylic oxidation sites excluding steroid dienone is 1. The van der Waals surface area contributed by atoms with Crippen molar-refractivity contribution in [3.8, 4) is 5.75 Å². The van der Waals surface area contributed by atoms with Crippen molar-refractivity contribution in [3.05, 3.63) is 77.0 Å². The molecule has 7 heteroatoms. The minimum absolute atomic E-state index is 0.291. The minimum atomic E-state index is -0.666. The molecule has 3 rings (SSSR count). The largest absolute Gasteiger partial charge is 0.459 e. The molecule has 1 heterocycles. The highest BCUT2D eigenvalue weighted by molar-refractivity contribution is 5.95. The van der Waals surface area contributed by atoms with E-state index in [1.165, 1.54) is 0 Å². The fourth-order valence-corrected chi connectivity index (χ4v) is 3.41. The van der Waals surface area contributed by atoms with E-state index in [-0.39, 0.29) is 12.1 Å². The monoisotopic (exact) mass is 436 g/mol. The number of benzene rings is 2. The molecule has 0 fully saturated rings. The third-order valence-corrected chi connectivity index (χ3v) is 4.93. The van der Waals surface area contributed by atoms with E-state index in [1.807, 2.05) is 13.0 Å². The first-order valence-corrected chi connectivity index (χ1v) is 10.8. The van der Waals surface area contributed by atoms with Crippen LogP contribution in [-0.4, -0.2) is 24.1 Å². The van der Waals surface area contributed by atoms with Crippen molar-refractivity contribution in [2.45, 2.75) is 52.2 Å². The van der Waals surface area contributed by atoms with Gasteiger partial charge in [0.1, 0.15) is 5.75 Å². The summed E-state index contributed by atoms with van der Waals surface area (Å²) in [5.41, 5.74) is 2.10. The van der Waals surface area contributed by atoms with Crippen molar-refractivity contribution in [2.24, 2.45) is 0 Å². The molecule has 7 nitrogen and oxygen atoms in total. The first-order valence-electron chi connectivity index (χ1n) is 10.8. The van der Waals surface area contributed by atoms with Crippen LogP contribution in [-0.2, 0) is 9.53 Å². The van der Waals surface area contributed by atoms with Crippen LogP contribution >= 0.6 is 0 Å². The molecule has 0 spiro atoms. The molecule has 2 aromatic carbocycles.